The van der Waals surface area contributed by atoms with Gasteiger partial charge >= 0.3 is 0 Å². The first-order chi connectivity index (χ1) is 8.61. The summed E-state index contributed by atoms with van der Waals surface area (Å²) in [6.07, 6.45) is 4.41. The third kappa shape index (κ3) is 5.55. The third-order valence-corrected chi connectivity index (χ3v) is 2.59. The summed E-state index contributed by atoms with van der Waals surface area (Å²) < 4.78 is 0. The van der Waals surface area contributed by atoms with Crippen LogP contribution < -0.4 is 0 Å². The summed E-state index contributed by atoms with van der Waals surface area (Å²) in [6, 6.07) is 7.89. The second-order valence-corrected chi connectivity index (χ2v) is 4.26. The summed E-state index contributed by atoms with van der Waals surface area (Å²) in [6.45, 7) is 1.57. The largest absolute Gasteiger partial charge is 0.389 e. The Morgan fingerprint density at radius 2 is 1.83 bits per heavy atom. The molecule has 3 heteroatoms. The number of Topliss-reactive ketones (excluding diaryl/α,β-unsaturated/α-hetero) is 1. The van der Waals surface area contributed by atoms with Crippen LogP contribution in [0.4, 0.5) is 0 Å². The number of ketones is 2. The van der Waals surface area contributed by atoms with E-state index in [4.69, 9.17) is 5.11 Å². The van der Waals surface area contributed by atoms with E-state index in [9.17, 15) is 9.59 Å². The Hall–Kier alpha value is -1.74. The van der Waals surface area contributed by atoms with Gasteiger partial charge < -0.3 is 5.11 Å². The van der Waals surface area contributed by atoms with Crippen LogP contribution in [-0.2, 0) is 9.59 Å². The van der Waals surface area contributed by atoms with E-state index >= 15 is 0 Å². The van der Waals surface area contributed by atoms with Crippen LogP contribution in [0.15, 0.2) is 30.3 Å². The van der Waals surface area contributed by atoms with E-state index in [0.29, 0.717) is 12.8 Å². The summed E-state index contributed by atoms with van der Waals surface area (Å²) in [5.74, 6) is -0.216. The normalized spacial score (nSPS) is 10.8. The maximum Gasteiger partial charge on any atom is 0.158 e. The first kappa shape index (κ1) is 14.3. The molecule has 0 spiro atoms. The first-order valence-corrected chi connectivity index (χ1v) is 6.02. The molecule has 1 rings (SSSR count). The van der Waals surface area contributed by atoms with Crippen molar-refractivity contribution in [3.63, 3.8) is 0 Å². The van der Waals surface area contributed by atoms with E-state index in [-0.39, 0.29) is 18.0 Å². The van der Waals surface area contributed by atoms with Gasteiger partial charge in [-0.05, 0) is 25.0 Å². The molecule has 0 aromatic heterocycles. The minimum Gasteiger partial charge on any atom is -0.389 e. The van der Waals surface area contributed by atoms with Crippen molar-refractivity contribution in [1.29, 1.82) is 0 Å². The number of aryl methyl sites for hydroxylation is 1. The second-order valence-electron chi connectivity index (χ2n) is 4.26. The molecule has 18 heavy (non-hydrogen) atoms. The highest BCUT2D eigenvalue weighted by atomic mass is 16.3. The zero-order valence-corrected chi connectivity index (χ0v) is 10.6. The van der Waals surface area contributed by atoms with E-state index in [0.717, 1.165) is 5.56 Å². The van der Waals surface area contributed by atoms with Gasteiger partial charge in [0.1, 0.15) is 6.61 Å². The molecule has 0 saturated carbocycles. The van der Waals surface area contributed by atoms with Gasteiger partial charge in [0.05, 0.1) is 0 Å². The van der Waals surface area contributed by atoms with Crippen molar-refractivity contribution >= 4 is 17.6 Å². The molecule has 0 radical (unpaired) electrons. The molecule has 1 aromatic rings. The zero-order valence-electron chi connectivity index (χ0n) is 10.6. The van der Waals surface area contributed by atoms with E-state index in [1.165, 1.54) is 11.6 Å². The van der Waals surface area contributed by atoms with Gasteiger partial charge in [-0.15, -0.1) is 0 Å². The molecule has 0 heterocycles. The van der Waals surface area contributed by atoms with Crippen LogP contribution in [0.1, 0.15) is 30.4 Å². The van der Waals surface area contributed by atoms with Crippen molar-refractivity contribution in [2.24, 2.45) is 0 Å². The van der Waals surface area contributed by atoms with Crippen molar-refractivity contribution in [1.82, 2.24) is 0 Å². The highest BCUT2D eigenvalue weighted by molar-refractivity contribution is 5.93. The van der Waals surface area contributed by atoms with Crippen LogP contribution in [-0.4, -0.2) is 23.3 Å². The SMILES string of the molecule is Cc1ccc(/C=C/C(=O)CCCC(=O)CO)cc1. The molecule has 0 atom stereocenters. The molecule has 3 nitrogen and oxygen atoms in total. The zero-order chi connectivity index (χ0) is 13.4. The predicted molar refractivity (Wildman–Crippen MR) is 71.2 cm³/mol. The van der Waals surface area contributed by atoms with Crippen LogP contribution >= 0.6 is 0 Å². The Balaban J connectivity index is 2.35. The van der Waals surface area contributed by atoms with E-state index in [2.05, 4.69) is 0 Å². The van der Waals surface area contributed by atoms with E-state index < -0.39 is 6.61 Å². The number of allylic oxidation sites excluding steroid dienone is 1. The van der Waals surface area contributed by atoms with Crippen LogP contribution in [0.25, 0.3) is 6.08 Å². The quantitative estimate of drug-likeness (QED) is 0.751. The monoisotopic (exact) mass is 246 g/mol. The molecule has 0 amide bonds. The fourth-order valence-corrected chi connectivity index (χ4v) is 1.49. The standard InChI is InChI=1S/C15H18O3/c1-12-5-7-13(8-6-12)9-10-14(17)3-2-4-15(18)11-16/h5-10,16H,2-4,11H2,1H3/b10-9+. The lowest BCUT2D eigenvalue weighted by atomic mass is 10.1. The molecule has 1 aromatic carbocycles. The van der Waals surface area contributed by atoms with Crippen molar-refractivity contribution in [3.05, 3.63) is 41.5 Å². The second kappa shape index (κ2) is 7.56. The van der Waals surface area contributed by atoms with E-state index in [1.807, 2.05) is 31.2 Å². The summed E-state index contributed by atoms with van der Waals surface area (Å²) in [5, 5.41) is 8.53. The molecule has 0 aliphatic carbocycles. The van der Waals surface area contributed by atoms with Crippen molar-refractivity contribution in [2.75, 3.05) is 6.61 Å². The molecule has 0 saturated heterocycles. The minimum atomic E-state index is -0.437. The first-order valence-electron chi connectivity index (χ1n) is 6.02. The highest BCUT2D eigenvalue weighted by Gasteiger charge is 2.01. The topological polar surface area (TPSA) is 54.4 Å². The number of hydrogen-bond donors (Lipinski definition) is 1. The summed E-state index contributed by atoms with van der Waals surface area (Å²) in [4.78, 5) is 22.3. The van der Waals surface area contributed by atoms with Gasteiger partial charge in [-0.3, -0.25) is 9.59 Å². The molecule has 96 valence electrons. The van der Waals surface area contributed by atoms with Gasteiger partial charge in [0.15, 0.2) is 11.6 Å². The Labute approximate surface area is 107 Å². The summed E-state index contributed by atoms with van der Waals surface area (Å²) >= 11 is 0. The summed E-state index contributed by atoms with van der Waals surface area (Å²) in [5.41, 5.74) is 2.17. The Kier molecular flexibility index (Phi) is 6.01. The van der Waals surface area contributed by atoms with Crippen LogP contribution in [0.5, 0.6) is 0 Å². The van der Waals surface area contributed by atoms with Crippen molar-refractivity contribution in [3.8, 4) is 0 Å². The highest BCUT2D eigenvalue weighted by Crippen LogP contribution is 2.06. The lowest BCUT2D eigenvalue weighted by Crippen LogP contribution is -2.04. The Morgan fingerprint density at radius 3 is 2.44 bits per heavy atom. The number of hydrogen-bond acceptors (Lipinski definition) is 3. The maximum absolute atomic E-state index is 11.5. The van der Waals surface area contributed by atoms with Crippen molar-refractivity contribution in [2.45, 2.75) is 26.2 Å². The number of benzene rings is 1. The average molecular weight is 246 g/mol. The number of carbonyl (C=O) groups excluding carboxylic acids is 2. The molecule has 0 aliphatic heterocycles. The van der Waals surface area contributed by atoms with E-state index in [1.54, 1.807) is 6.08 Å². The summed E-state index contributed by atoms with van der Waals surface area (Å²) in [7, 11) is 0. The Bertz CT molecular complexity index is 430. The Morgan fingerprint density at radius 1 is 1.17 bits per heavy atom. The minimum absolute atomic E-state index is 0.00122. The van der Waals surface area contributed by atoms with Crippen LogP contribution in [0.2, 0.25) is 0 Å². The maximum atomic E-state index is 11.5. The van der Waals surface area contributed by atoms with Crippen LogP contribution in [0, 0.1) is 6.92 Å². The number of aliphatic hydroxyl groups excluding tert-OH is 1. The fourth-order valence-electron chi connectivity index (χ4n) is 1.49. The molecule has 0 aliphatic rings. The average Bonchev–Trinajstić information content (AvgIpc) is 2.38. The smallest absolute Gasteiger partial charge is 0.158 e. The number of aliphatic hydroxyl groups is 1. The predicted octanol–water partition coefficient (Wildman–Crippen LogP) is 2.31. The van der Waals surface area contributed by atoms with Gasteiger partial charge in [-0.2, -0.15) is 0 Å². The van der Waals surface area contributed by atoms with Crippen molar-refractivity contribution < 1.29 is 14.7 Å². The van der Waals surface area contributed by atoms with Gasteiger partial charge in [0, 0.05) is 12.8 Å². The number of carbonyl (C=O) groups is 2. The van der Waals surface area contributed by atoms with Crippen LogP contribution in [0.3, 0.4) is 0 Å². The molecule has 0 unspecified atom stereocenters. The molecule has 0 bridgehead atoms. The van der Waals surface area contributed by atoms with Gasteiger partial charge in [0.2, 0.25) is 0 Å². The lowest BCUT2D eigenvalue weighted by molar-refractivity contribution is -0.122. The molecular formula is C15H18O3. The van der Waals surface area contributed by atoms with Gasteiger partial charge in [-0.25, -0.2) is 0 Å². The number of rotatable bonds is 7. The molecule has 1 N–H and O–H groups in total. The van der Waals surface area contributed by atoms with Gasteiger partial charge in [0.25, 0.3) is 0 Å². The molecule has 0 fully saturated rings. The lowest BCUT2D eigenvalue weighted by Gasteiger charge is -1.96. The third-order valence-electron chi connectivity index (χ3n) is 2.59. The van der Waals surface area contributed by atoms with Gasteiger partial charge in [-0.1, -0.05) is 35.9 Å². The fraction of sp³-hybridized carbons (Fsp3) is 0.333. The molecular weight excluding hydrogens is 228 g/mol.